The van der Waals surface area contributed by atoms with Crippen LogP contribution in [0.3, 0.4) is 0 Å². The van der Waals surface area contributed by atoms with Crippen LogP contribution < -0.4 is 15.4 Å². The summed E-state index contributed by atoms with van der Waals surface area (Å²) in [4.78, 5) is 24.2. The molecule has 0 radical (unpaired) electrons. The number of halogens is 1. The molecule has 36 heavy (non-hydrogen) atoms. The lowest BCUT2D eigenvalue weighted by Gasteiger charge is -2.31. The van der Waals surface area contributed by atoms with Gasteiger partial charge in [-0.15, -0.1) is 5.10 Å². The van der Waals surface area contributed by atoms with Crippen LogP contribution in [-0.2, 0) is 9.53 Å². The Kier molecular flexibility index (Phi) is 6.65. The van der Waals surface area contributed by atoms with E-state index in [1.807, 2.05) is 48.2 Å². The molecule has 2 aromatic carbocycles. The maximum atomic E-state index is 12.4. The lowest BCUT2D eigenvalue weighted by Crippen LogP contribution is -2.40. The number of fused-ring (bicyclic) bond motifs is 1. The number of hydrogen-bond donors (Lipinski definition) is 1. The van der Waals surface area contributed by atoms with Gasteiger partial charge in [-0.25, -0.2) is 9.67 Å². The third-order valence-corrected chi connectivity index (χ3v) is 6.57. The van der Waals surface area contributed by atoms with Crippen molar-refractivity contribution in [2.75, 3.05) is 37.4 Å². The van der Waals surface area contributed by atoms with Crippen LogP contribution in [-0.4, -0.2) is 52.5 Å². The summed E-state index contributed by atoms with van der Waals surface area (Å²) in [5.74, 6) is 1.13. The Balaban J connectivity index is 1.67. The van der Waals surface area contributed by atoms with E-state index >= 15 is 0 Å². The van der Waals surface area contributed by atoms with Gasteiger partial charge in [-0.2, -0.15) is 4.98 Å². The van der Waals surface area contributed by atoms with Gasteiger partial charge in [0.25, 0.3) is 0 Å². The monoisotopic (exact) mass is 506 g/mol. The number of nitrogens with zero attached hydrogens (tertiary/aromatic N) is 5. The number of anilines is 2. The van der Waals surface area contributed by atoms with Crippen LogP contribution in [0.4, 0.5) is 11.8 Å². The third kappa shape index (κ3) is 4.42. The molecule has 0 unspecified atom stereocenters. The SMILES string of the molecule is CCOC(=O)[C@H]1CCCN(c2nc(-c3ccccc3OC)c3c(N)n(-c4ccc(Cl)cc4)nc3n2)C1. The topological polar surface area (TPSA) is 108 Å². The van der Waals surface area contributed by atoms with Crippen molar-refractivity contribution in [1.82, 2.24) is 19.7 Å². The molecule has 1 fully saturated rings. The number of benzene rings is 2. The summed E-state index contributed by atoms with van der Waals surface area (Å²) in [6, 6.07) is 14.9. The third-order valence-electron chi connectivity index (χ3n) is 6.31. The molecule has 2 aromatic heterocycles. The van der Waals surface area contributed by atoms with Gasteiger partial charge < -0.3 is 20.1 Å². The zero-order valence-electron chi connectivity index (χ0n) is 20.1. The zero-order chi connectivity index (χ0) is 25.2. The molecule has 10 heteroatoms. The Morgan fingerprint density at radius 3 is 2.69 bits per heavy atom. The minimum absolute atomic E-state index is 0.190. The van der Waals surface area contributed by atoms with E-state index in [9.17, 15) is 4.79 Å². The fraction of sp³-hybridized carbons (Fsp3) is 0.308. The van der Waals surface area contributed by atoms with Crippen molar-refractivity contribution in [2.24, 2.45) is 5.92 Å². The molecular weight excluding hydrogens is 480 g/mol. The molecule has 0 saturated carbocycles. The second-order valence-corrected chi connectivity index (χ2v) is 9.02. The number of aromatic nitrogens is 4. The van der Waals surface area contributed by atoms with Gasteiger partial charge in [0, 0.05) is 23.7 Å². The number of esters is 1. The highest BCUT2D eigenvalue weighted by Gasteiger charge is 2.30. The Labute approximate surface area is 213 Å². The first-order valence-corrected chi connectivity index (χ1v) is 12.2. The number of methoxy groups -OCH3 is 1. The van der Waals surface area contributed by atoms with Gasteiger partial charge in [0.2, 0.25) is 5.95 Å². The van der Waals surface area contributed by atoms with Gasteiger partial charge >= 0.3 is 5.97 Å². The molecule has 0 spiro atoms. The molecule has 1 aliphatic rings. The van der Waals surface area contributed by atoms with Gasteiger partial charge in [0.15, 0.2) is 5.65 Å². The Morgan fingerprint density at radius 2 is 1.94 bits per heavy atom. The van der Waals surface area contributed by atoms with Crippen LogP contribution in [0.1, 0.15) is 19.8 Å². The summed E-state index contributed by atoms with van der Waals surface area (Å²) >= 11 is 6.08. The van der Waals surface area contributed by atoms with Crippen LogP contribution >= 0.6 is 11.6 Å². The van der Waals surface area contributed by atoms with Crippen LogP contribution in [0.2, 0.25) is 5.02 Å². The number of carbonyl (C=O) groups excluding carboxylic acids is 1. The van der Waals surface area contributed by atoms with Gasteiger partial charge in [0.1, 0.15) is 11.6 Å². The molecular formula is C26H27ClN6O3. The fourth-order valence-electron chi connectivity index (χ4n) is 4.57. The standard InChI is InChI=1S/C26H27ClN6O3/c1-3-36-25(34)16-7-6-14-32(15-16)26-29-22(19-8-4-5-9-20(19)35-2)21-23(28)33(31-24(21)30-26)18-12-10-17(27)11-13-18/h4-5,8-13,16H,3,6-7,14-15,28H2,1-2H3/t16-/m0/s1. The largest absolute Gasteiger partial charge is 0.496 e. The lowest BCUT2D eigenvalue weighted by atomic mass is 9.98. The van der Waals surface area contributed by atoms with Crippen molar-refractivity contribution < 1.29 is 14.3 Å². The summed E-state index contributed by atoms with van der Waals surface area (Å²) in [6.45, 7) is 3.37. The summed E-state index contributed by atoms with van der Waals surface area (Å²) in [5.41, 5.74) is 9.22. The molecule has 1 aliphatic heterocycles. The highest BCUT2D eigenvalue weighted by atomic mass is 35.5. The molecule has 5 rings (SSSR count). The second-order valence-electron chi connectivity index (χ2n) is 8.58. The number of ether oxygens (including phenoxy) is 2. The first-order chi connectivity index (χ1) is 17.5. The van der Waals surface area contributed by atoms with E-state index in [0.717, 1.165) is 30.6 Å². The van der Waals surface area contributed by atoms with E-state index < -0.39 is 0 Å². The van der Waals surface area contributed by atoms with E-state index in [0.29, 0.717) is 52.4 Å². The van der Waals surface area contributed by atoms with Crippen LogP contribution in [0.5, 0.6) is 5.75 Å². The predicted octanol–water partition coefficient (Wildman–Crippen LogP) is 4.51. The molecule has 0 amide bonds. The average molecular weight is 507 g/mol. The smallest absolute Gasteiger partial charge is 0.310 e. The van der Waals surface area contributed by atoms with Gasteiger partial charge in [0.05, 0.1) is 36.4 Å². The number of carbonyl (C=O) groups is 1. The van der Waals surface area contributed by atoms with E-state index in [4.69, 9.17) is 41.9 Å². The zero-order valence-corrected chi connectivity index (χ0v) is 20.9. The predicted molar refractivity (Wildman–Crippen MR) is 140 cm³/mol. The van der Waals surface area contributed by atoms with Crippen molar-refractivity contribution in [3.63, 3.8) is 0 Å². The minimum Gasteiger partial charge on any atom is -0.496 e. The lowest BCUT2D eigenvalue weighted by molar-refractivity contribution is -0.148. The van der Waals surface area contributed by atoms with E-state index in [2.05, 4.69) is 0 Å². The van der Waals surface area contributed by atoms with Gasteiger partial charge in [-0.1, -0.05) is 23.7 Å². The molecule has 0 aliphatic carbocycles. The van der Waals surface area contributed by atoms with Crippen LogP contribution in [0.25, 0.3) is 28.0 Å². The Hall–Kier alpha value is -3.85. The number of nitrogens with two attached hydrogens (primary N) is 1. The van der Waals surface area contributed by atoms with E-state index in [-0.39, 0.29) is 11.9 Å². The summed E-state index contributed by atoms with van der Waals surface area (Å²) in [5, 5.41) is 5.97. The highest BCUT2D eigenvalue weighted by Crippen LogP contribution is 2.38. The molecule has 0 bridgehead atoms. The molecule has 1 atom stereocenters. The Bertz CT molecular complexity index is 1410. The molecule has 2 N–H and O–H groups in total. The van der Waals surface area contributed by atoms with Crippen molar-refractivity contribution in [3.05, 3.63) is 53.6 Å². The molecule has 1 saturated heterocycles. The minimum atomic E-state index is -0.232. The van der Waals surface area contributed by atoms with Gasteiger partial charge in [-0.05, 0) is 56.2 Å². The number of rotatable bonds is 6. The van der Waals surface area contributed by atoms with E-state index in [1.54, 1.807) is 23.9 Å². The van der Waals surface area contributed by atoms with Crippen molar-refractivity contribution >= 4 is 40.4 Å². The maximum absolute atomic E-state index is 12.4. The quantitative estimate of drug-likeness (QED) is 0.380. The number of nitrogen functional groups attached to an aromatic ring is 1. The molecule has 3 heterocycles. The average Bonchev–Trinajstić information content (AvgIpc) is 3.25. The number of para-hydroxylation sites is 1. The first-order valence-electron chi connectivity index (χ1n) is 11.9. The van der Waals surface area contributed by atoms with Crippen molar-refractivity contribution in [1.29, 1.82) is 0 Å². The van der Waals surface area contributed by atoms with Crippen molar-refractivity contribution in [2.45, 2.75) is 19.8 Å². The number of hydrogen-bond acceptors (Lipinski definition) is 8. The highest BCUT2D eigenvalue weighted by molar-refractivity contribution is 6.30. The fourth-order valence-corrected chi connectivity index (χ4v) is 4.69. The molecule has 9 nitrogen and oxygen atoms in total. The normalized spacial score (nSPS) is 15.8. The maximum Gasteiger partial charge on any atom is 0.310 e. The van der Waals surface area contributed by atoms with E-state index in [1.165, 1.54) is 0 Å². The first kappa shape index (κ1) is 23.9. The van der Waals surface area contributed by atoms with Gasteiger partial charge in [-0.3, -0.25) is 4.79 Å². The summed E-state index contributed by atoms with van der Waals surface area (Å²) < 4.78 is 12.5. The van der Waals surface area contributed by atoms with Crippen LogP contribution in [0.15, 0.2) is 48.5 Å². The summed E-state index contributed by atoms with van der Waals surface area (Å²) in [7, 11) is 1.62. The molecule has 186 valence electrons. The second kappa shape index (κ2) is 10.0. The van der Waals surface area contributed by atoms with Crippen molar-refractivity contribution in [3.8, 4) is 22.7 Å². The van der Waals surface area contributed by atoms with Crippen LogP contribution in [0, 0.1) is 5.92 Å². The number of piperidine rings is 1. The molecule has 4 aromatic rings. The Morgan fingerprint density at radius 1 is 1.17 bits per heavy atom. The summed E-state index contributed by atoms with van der Waals surface area (Å²) in [6.07, 6.45) is 1.60.